The van der Waals surface area contributed by atoms with E-state index in [2.05, 4.69) is 0 Å². The van der Waals surface area contributed by atoms with Crippen molar-refractivity contribution < 1.29 is 4.79 Å². The van der Waals surface area contributed by atoms with Gasteiger partial charge in [0.05, 0.1) is 0 Å². The van der Waals surface area contributed by atoms with E-state index in [-0.39, 0.29) is 5.91 Å². The zero-order valence-electron chi connectivity index (χ0n) is 7.66. The Bertz CT molecular complexity index is 329. The molecule has 2 N–H and O–H groups in total. The predicted molar refractivity (Wildman–Crippen MR) is 54.0 cm³/mol. The van der Waals surface area contributed by atoms with E-state index >= 15 is 0 Å². The zero-order valence-corrected chi connectivity index (χ0v) is 7.66. The van der Waals surface area contributed by atoms with Crippen molar-refractivity contribution in [2.24, 2.45) is 5.73 Å². The summed E-state index contributed by atoms with van der Waals surface area (Å²) in [5, 5.41) is 0. The van der Waals surface area contributed by atoms with Crippen molar-refractivity contribution in [3.05, 3.63) is 41.5 Å². The van der Waals surface area contributed by atoms with Gasteiger partial charge in [0.25, 0.3) is 0 Å². The van der Waals surface area contributed by atoms with Gasteiger partial charge in [0.15, 0.2) is 0 Å². The molecule has 1 amide bonds. The van der Waals surface area contributed by atoms with Crippen molar-refractivity contribution in [1.82, 2.24) is 0 Å². The van der Waals surface area contributed by atoms with Gasteiger partial charge in [-0.2, -0.15) is 0 Å². The highest BCUT2D eigenvalue weighted by molar-refractivity contribution is 5.76. The second-order valence-corrected chi connectivity index (χ2v) is 2.93. The second-order valence-electron chi connectivity index (χ2n) is 2.93. The van der Waals surface area contributed by atoms with E-state index in [0.29, 0.717) is 6.42 Å². The molecule has 0 unspecified atom stereocenters. The number of nitrogens with two attached hydrogens (primary N) is 1. The Morgan fingerprint density at radius 2 is 2.15 bits per heavy atom. The van der Waals surface area contributed by atoms with Crippen LogP contribution in [0.3, 0.4) is 0 Å². The maximum absolute atomic E-state index is 10.4. The minimum atomic E-state index is -0.301. The van der Waals surface area contributed by atoms with Crippen molar-refractivity contribution in [2.75, 3.05) is 0 Å². The van der Waals surface area contributed by atoms with Gasteiger partial charge in [0.2, 0.25) is 5.91 Å². The molecule has 0 saturated heterocycles. The minimum Gasteiger partial charge on any atom is -0.369 e. The average molecular weight is 175 g/mol. The van der Waals surface area contributed by atoms with Crippen LogP contribution in [0.1, 0.15) is 17.5 Å². The average Bonchev–Trinajstić information content (AvgIpc) is 2.08. The molecular formula is C11H13NO. The molecule has 68 valence electrons. The van der Waals surface area contributed by atoms with Crippen molar-refractivity contribution in [1.29, 1.82) is 0 Å². The summed E-state index contributed by atoms with van der Waals surface area (Å²) in [6.07, 6.45) is 4.00. The summed E-state index contributed by atoms with van der Waals surface area (Å²) in [5.74, 6) is -0.301. The molecule has 1 aromatic carbocycles. The molecule has 0 spiro atoms. The number of rotatable bonds is 3. The third-order valence-corrected chi connectivity index (χ3v) is 1.80. The van der Waals surface area contributed by atoms with Crippen LogP contribution in [0.5, 0.6) is 0 Å². The van der Waals surface area contributed by atoms with Crippen LogP contribution < -0.4 is 5.73 Å². The Labute approximate surface area is 78.1 Å². The highest BCUT2D eigenvalue weighted by atomic mass is 16.1. The van der Waals surface area contributed by atoms with E-state index < -0.39 is 0 Å². The van der Waals surface area contributed by atoms with Gasteiger partial charge in [-0.3, -0.25) is 4.79 Å². The molecule has 0 saturated carbocycles. The third kappa shape index (κ3) is 3.11. The standard InChI is InChI=1S/C11H13NO/c1-9-5-2-3-6-10(9)7-4-8-11(12)13/h2-7H,8H2,1H3,(H2,12,13). The fourth-order valence-electron chi connectivity index (χ4n) is 1.08. The highest BCUT2D eigenvalue weighted by Gasteiger charge is 1.91. The number of benzene rings is 1. The van der Waals surface area contributed by atoms with Gasteiger partial charge in [-0.1, -0.05) is 36.4 Å². The van der Waals surface area contributed by atoms with Crippen molar-refractivity contribution in [3.63, 3.8) is 0 Å². The molecule has 0 aromatic heterocycles. The van der Waals surface area contributed by atoms with Crippen LogP contribution in [0.2, 0.25) is 0 Å². The summed E-state index contributed by atoms with van der Waals surface area (Å²) in [4.78, 5) is 10.4. The molecule has 0 aliphatic carbocycles. The molecule has 0 fully saturated rings. The van der Waals surface area contributed by atoms with Gasteiger partial charge in [-0.25, -0.2) is 0 Å². The predicted octanol–water partition coefficient (Wildman–Crippen LogP) is 1.88. The molecule has 0 radical (unpaired) electrons. The fourth-order valence-corrected chi connectivity index (χ4v) is 1.08. The maximum Gasteiger partial charge on any atom is 0.221 e. The lowest BCUT2D eigenvalue weighted by atomic mass is 10.1. The van der Waals surface area contributed by atoms with Gasteiger partial charge in [0.1, 0.15) is 0 Å². The van der Waals surface area contributed by atoms with Crippen LogP contribution in [0.4, 0.5) is 0 Å². The molecule has 0 bridgehead atoms. The third-order valence-electron chi connectivity index (χ3n) is 1.80. The SMILES string of the molecule is Cc1ccccc1C=CCC(N)=O. The minimum absolute atomic E-state index is 0.300. The first kappa shape index (κ1) is 9.52. The van der Waals surface area contributed by atoms with Crippen molar-refractivity contribution in [3.8, 4) is 0 Å². The van der Waals surface area contributed by atoms with E-state index in [1.807, 2.05) is 37.3 Å². The Morgan fingerprint density at radius 1 is 1.46 bits per heavy atom. The van der Waals surface area contributed by atoms with E-state index in [1.165, 1.54) is 5.56 Å². The number of hydrogen-bond acceptors (Lipinski definition) is 1. The molecule has 0 heterocycles. The van der Waals surface area contributed by atoms with Crippen LogP contribution in [0.25, 0.3) is 6.08 Å². The summed E-state index contributed by atoms with van der Waals surface area (Å²) in [6, 6.07) is 7.99. The molecule has 0 atom stereocenters. The lowest BCUT2D eigenvalue weighted by Gasteiger charge is -1.97. The number of carbonyl (C=O) groups excluding carboxylic acids is 1. The van der Waals surface area contributed by atoms with E-state index in [9.17, 15) is 4.79 Å². The largest absolute Gasteiger partial charge is 0.369 e. The van der Waals surface area contributed by atoms with Crippen LogP contribution in [0.15, 0.2) is 30.3 Å². The first-order chi connectivity index (χ1) is 6.20. The lowest BCUT2D eigenvalue weighted by Crippen LogP contribution is -2.07. The van der Waals surface area contributed by atoms with Gasteiger partial charge < -0.3 is 5.73 Å². The quantitative estimate of drug-likeness (QED) is 0.748. The fraction of sp³-hybridized carbons (Fsp3) is 0.182. The molecule has 13 heavy (non-hydrogen) atoms. The molecule has 1 aromatic rings. The van der Waals surface area contributed by atoms with E-state index in [4.69, 9.17) is 5.73 Å². The summed E-state index contributed by atoms with van der Waals surface area (Å²) >= 11 is 0. The van der Waals surface area contributed by atoms with Gasteiger partial charge >= 0.3 is 0 Å². The van der Waals surface area contributed by atoms with Gasteiger partial charge in [-0.15, -0.1) is 0 Å². The number of primary amides is 1. The summed E-state index contributed by atoms with van der Waals surface area (Å²) in [7, 11) is 0. The molecule has 0 aliphatic heterocycles. The Balaban J connectivity index is 2.68. The number of aryl methyl sites for hydroxylation is 1. The topological polar surface area (TPSA) is 43.1 Å². The van der Waals surface area contributed by atoms with Crippen molar-refractivity contribution >= 4 is 12.0 Å². The van der Waals surface area contributed by atoms with Gasteiger partial charge in [-0.05, 0) is 18.1 Å². The van der Waals surface area contributed by atoms with Crippen LogP contribution in [-0.4, -0.2) is 5.91 Å². The molecule has 2 nitrogen and oxygen atoms in total. The highest BCUT2D eigenvalue weighted by Crippen LogP contribution is 2.08. The van der Waals surface area contributed by atoms with E-state index in [1.54, 1.807) is 6.08 Å². The first-order valence-electron chi connectivity index (χ1n) is 4.20. The summed E-state index contributed by atoms with van der Waals surface area (Å²) < 4.78 is 0. The Hall–Kier alpha value is -1.57. The lowest BCUT2D eigenvalue weighted by molar-refractivity contribution is -0.117. The molecular weight excluding hydrogens is 162 g/mol. The Kier molecular flexibility index (Phi) is 3.26. The van der Waals surface area contributed by atoms with Gasteiger partial charge in [0, 0.05) is 6.42 Å². The number of carbonyl (C=O) groups is 1. The van der Waals surface area contributed by atoms with Crippen LogP contribution in [0, 0.1) is 6.92 Å². The zero-order chi connectivity index (χ0) is 9.68. The second kappa shape index (κ2) is 4.45. The number of amides is 1. The molecule has 1 rings (SSSR count). The number of hydrogen-bond donors (Lipinski definition) is 1. The van der Waals surface area contributed by atoms with Crippen molar-refractivity contribution in [2.45, 2.75) is 13.3 Å². The van der Waals surface area contributed by atoms with E-state index in [0.717, 1.165) is 5.56 Å². The van der Waals surface area contributed by atoms with Crippen LogP contribution in [-0.2, 0) is 4.79 Å². The first-order valence-corrected chi connectivity index (χ1v) is 4.20. The smallest absolute Gasteiger partial charge is 0.221 e. The molecule has 0 aliphatic rings. The Morgan fingerprint density at radius 3 is 2.77 bits per heavy atom. The molecule has 2 heteroatoms. The summed E-state index contributed by atoms with van der Waals surface area (Å²) in [5.41, 5.74) is 7.33. The monoisotopic (exact) mass is 175 g/mol. The maximum atomic E-state index is 10.4. The normalized spacial score (nSPS) is 10.5. The summed E-state index contributed by atoms with van der Waals surface area (Å²) in [6.45, 7) is 2.03. The van der Waals surface area contributed by atoms with Crippen LogP contribution >= 0.6 is 0 Å².